The van der Waals surface area contributed by atoms with E-state index in [0.29, 0.717) is 0 Å². The SMILES string of the molecule is CCc1cc2c(N3CCCCCC3)nc(Cc3ccccc3)nc2s1. The van der Waals surface area contributed by atoms with Crippen molar-refractivity contribution in [2.24, 2.45) is 0 Å². The number of rotatable bonds is 4. The van der Waals surface area contributed by atoms with Gasteiger partial charge >= 0.3 is 0 Å². The van der Waals surface area contributed by atoms with Crippen molar-refractivity contribution in [2.45, 2.75) is 45.4 Å². The van der Waals surface area contributed by atoms with Crippen LogP contribution in [0, 0.1) is 0 Å². The first-order chi connectivity index (χ1) is 12.3. The van der Waals surface area contributed by atoms with Crippen LogP contribution >= 0.6 is 11.3 Å². The molecule has 1 fully saturated rings. The molecule has 25 heavy (non-hydrogen) atoms. The molecule has 2 aromatic heterocycles. The van der Waals surface area contributed by atoms with Crippen molar-refractivity contribution >= 4 is 27.4 Å². The summed E-state index contributed by atoms with van der Waals surface area (Å²) in [6.07, 6.45) is 7.08. The molecule has 4 rings (SSSR count). The second-order valence-corrected chi connectivity index (χ2v) is 7.93. The van der Waals surface area contributed by atoms with E-state index < -0.39 is 0 Å². The molecule has 0 amide bonds. The number of thiophene rings is 1. The van der Waals surface area contributed by atoms with Gasteiger partial charge in [0.05, 0.1) is 5.39 Å². The van der Waals surface area contributed by atoms with Crippen LogP contribution in [0.1, 0.15) is 48.9 Å². The Bertz CT molecular complexity index is 833. The summed E-state index contributed by atoms with van der Waals surface area (Å²) in [4.78, 5) is 15.0. The van der Waals surface area contributed by atoms with Crippen LogP contribution in [-0.2, 0) is 12.8 Å². The summed E-state index contributed by atoms with van der Waals surface area (Å²) < 4.78 is 0. The fourth-order valence-corrected chi connectivity index (χ4v) is 4.54. The molecule has 1 aliphatic heterocycles. The number of aryl methyl sites for hydroxylation is 1. The zero-order valence-corrected chi connectivity index (χ0v) is 15.7. The highest BCUT2D eigenvalue weighted by Gasteiger charge is 2.18. The standard InChI is InChI=1S/C21H25N3S/c1-2-17-15-18-20(24-12-8-3-4-9-13-24)22-19(23-21(18)25-17)14-16-10-6-5-7-11-16/h5-7,10-11,15H,2-4,8-9,12-14H2,1H3. The molecule has 0 saturated carbocycles. The van der Waals surface area contributed by atoms with Gasteiger partial charge in [-0.25, -0.2) is 9.97 Å². The molecule has 4 heteroatoms. The monoisotopic (exact) mass is 351 g/mol. The molecular weight excluding hydrogens is 326 g/mol. The Labute approximate surface area is 153 Å². The van der Waals surface area contributed by atoms with Crippen LogP contribution in [0.25, 0.3) is 10.2 Å². The van der Waals surface area contributed by atoms with E-state index in [-0.39, 0.29) is 0 Å². The first-order valence-corrected chi connectivity index (χ1v) is 10.2. The number of fused-ring (bicyclic) bond motifs is 1. The van der Waals surface area contributed by atoms with Crippen molar-refractivity contribution in [3.8, 4) is 0 Å². The summed E-state index contributed by atoms with van der Waals surface area (Å²) in [6.45, 7) is 4.46. The van der Waals surface area contributed by atoms with E-state index in [2.05, 4.69) is 48.2 Å². The summed E-state index contributed by atoms with van der Waals surface area (Å²) in [7, 11) is 0. The highest BCUT2D eigenvalue weighted by molar-refractivity contribution is 7.18. The minimum Gasteiger partial charge on any atom is -0.356 e. The highest BCUT2D eigenvalue weighted by Crippen LogP contribution is 2.32. The lowest BCUT2D eigenvalue weighted by Crippen LogP contribution is -2.25. The van der Waals surface area contributed by atoms with Crippen molar-refractivity contribution in [2.75, 3.05) is 18.0 Å². The smallest absolute Gasteiger partial charge is 0.141 e. The molecule has 1 saturated heterocycles. The third-order valence-electron chi connectivity index (χ3n) is 4.93. The van der Waals surface area contributed by atoms with E-state index in [4.69, 9.17) is 9.97 Å². The molecule has 1 aromatic carbocycles. The molecule has 1 aliphatic rings. The molecule has 0 N–H and O–H groups in total. The number of hydrogen-bond acceptors (Lipinski definition) is 4. The van der Waals surface area contributed by atoms with E-state index in [1.54, 1.807) is 0 Å². The van der Waals surface area contributed by atoms with E-state index in [0.717, 1.165) is 42.4 Å². The van der Waals surface area contributed by atoms with Gasteiger partial charge in [0.1, 0.15) is 16.5 Å². The summed E-state index contributed by atoms with van der Waals surface area (Å²) >= 11 is 1.83. The Kier molecular flexibility index (Phi) is 4.97. The van der Waals surface area contributed by atoms with Gasteiger partial charge in [-0.05, 0) is 30.9 Å². The topological polar surface area (TPSA) is 29.0 Å². The number of hydrogen-bond donors (Lipinski definition) is 0. The molecule has 130 valence electrons. The van der Waals surface area contributed by atoms with Crippen LogP contribution in [0.2, 0.25) is 0 Å². The first-order valence-electron chi connectivity index (χ1n) is 9.41. The van der Waals surface area contributed by atoms with Gasteiger partial charge in [-0.3, -0.25) is 0 Å². The van der Waals surface area contributed by atoms with E-state index in [1.165, 1.54) is 41.5 Å². The summed E-state index contributed by atoms with van der Waals surface area (Å²) in [5.41, 5.74) is 1.27. The Morgan fingerprint density at radius 1 is 1.00 bits per heavy atom. The van der Waals surface area contributed by atoms with Crippen LogP contribution in [-0.4, -0.2) is 23.1 Å². The van der Waals surface area contributed by atoms with E-state index in [1.807, 2.05) is 11.3 Å². The molecule has 0 aliphatic carbocycles. The van der Waals surface area contributed by atoms with Gasteiger partial charge in [-0.1, -0.05) is 50.1 Å². The van der Waals surface area contributed by atoms with Gasteiger partial charge in [-0.2, -0.15) is 0 Å². The molecule has 3 aromatic rings. The van der Waals surface area contributed by atoms with Crippen molar-refractivity contribution in [3.05, 3.63) is 52.7 Å². The van der Waals surface area contributed by atoms with Crippen molar-refractivity contribution in [3.63, 3.8) is 0 Å². The van der Waals surface area contributed by atoms with Crippen LogP contribution in [0.4, 0.5) is 5.82 Å². The van der Waals surface area contributed by atoms with Gasteiger partial charge in [0.25, 0.3) is 0 Å². The molecule has 0 radical (unpaired) electrons. The second-order valence-electron chi connectivity index (χ2n) is 6.81. The molecule has 3 nitrogen and oxygen atoms in total. The number of anilines is 1. The maximum Gasteiger partial charge on any atom is 0.141 e. The van der Waals surface area contributed by atoms with Crippen molar-refractivity contribution in [1.29, 1.82) is 0 Å². The molecule has 3 heterocycles. The van der Waals surface area contributed by atoms with E-state index in [9.17, 15) is 0 Å². The van der Waals surface area contributed by atoms with Gasteiger partial charge in [-0.15, -0.1) is 11.3 Å². The van der Waals surface area contributed by atoms with Crippen molar-refractivity contribution < 1.29 is 0 Å². The average Bonchev–Trinajstić information content (AvgIpc) is 2.87. The third-order valence-corrected chi connectivity index (χ3v) is 6.10. The highest BCUT2D eigenvalue weighted by atomic mass is 32.1. The van der Waals surface area contributed by atoms with E-state index >= 15 is 0 Å². The van der Waals surface area contributed by atoms with Gasteiger partial charge < -0.3 is 4.90 Å². The van der Waals surface area contributed by atoms with Gasteiger partial charge in [0.15, 0.2) is 0 Å². The normalized spacial score (nSPS) is 15.5. The number of aromatic nitrogens is 2. The van der Waals surface area contributed by atoms with Gasteiger partial charge in [0, 0.05) is 24.4 Å². The predicted molar refractivity (Wildman–Crippen MR) is 107 cm³/mol. The van der Waals surface area contributed by atoms with Crippen LogP contribution in [0.15, 0.2) is 36.4 Å². The first kappa shape index (κ1) is 16.5. The predicted octanol–water partition coefficient (Wildman–Crippen LogP) is 5.22. The summed E-state index contributed by atoms with van der Waals surface area (Å²) in [5.74, 6) is 2.11. The minimum atomic E-state index is 0.803. The molecule has 0 bridgehead atoms. The lowest BCUT2D eigenvalue weighted by Gasteiger charge is -2.22. The zero-order valence-electron chi connectivity index (χ0n) is 14.9. The zero-order chi connectivity index (χ0) is 17.1. The van der Waals surface area contributed by atoms with Crippen LogP contribution < -0.4 is 4.90 Å². The maximum absolute atomic E-state index is 5.03. The van der Waals surface area contributed by atoms with Gasteiger partial charge in [0.2, 0.25) is 0 Å². The Hall–Kier alpha value is -1.94. The lowest BCUT2D eigenvalue weighted by molar-refractivity contribution is 0.726. The third kappa shape index (κ3) is 3.69. The molecule has 0 unspecified atom stereocenters. The fraction of sp³-hybridized carbons (Fsp3) is 0.429. The Morgan fingerprint density at radius 3 is 2.48 bits per heavy atom. The minimum absolute atomic E-state index is 0.803. The molecular formula is C21H25N3S. The molecule has 0 atom stereocenters. The largest absolute Gasteiger partial charge is 0.356 e. The Morgan fingerprint density at radius 2 is 1.76 bits per heavy atom. The average molecular weight is 352 g/mol. The fourth-order valence-electron chi connectivity index (χ4n) is 3.55. The summed E-state index contributed by atoms with van der Waals surface area (Å²) in [6, 6.07) is 12.9. The maximum atomic E-state index is 5.03. The quantitative estimate of drug-likeness (QED) is 0.645. The Balaban J connectivity index is 1.76. The van der Waals surface area contributed by atoms with Crippen LogP contribution in [0.5, 0.6) is 0 Å². The number of nitrogens with zero attached hydrogens (tertiary/aromatic N) is 3. The van der Waals surface area contributed by atoms with Crippen molar-refractivity contribution in [1.82, 2.24) is 9.97 Å². The summed E-state index contributed by atoms with van der Waals surface area (Å²) in [5, 5.41) is 1.25. The van der Waals surface area contributed by atoms with Crippen LogP contribution in [0.3, 0.4) is 0 Å². The molecule has 0 spiro atoms. The second kappa shape index (κ2) is 7.52. The number of benzene rings is 1. The lowest BCUT2D eigenvalue weighted by atomic mass is 10.1.